The quantitative estimate of drug-likeness (QED) is 0.593. The van der Waals surface area contributed by atoms with E-state index in [1.807, 2.05) is 0 Å². The molecule has 0 aliphatic heterocycles. The van der Waals surface area contributed by atoms with Crippen molar-refractivity contribution in [1.29, 1.82) is 0 Å². The summed E-state index contributed by atoms with van der Waals surface area (Å²) in [7, 11) is 0. The summed E-state index contributed by atoms with van der Waals surface area (Å²) in [4.78, 5) is 11.5. The lowest BCUT2D eigenvalue weighted by Gasteiger charge is -2.08. The molecular weight excluding hydrogens is 257 g/mol. The second kappa shape index (κ2) is 7.78. The van der Waals surface area contributed by atoms with Gasteiger partial charge in [0.15, 0.2) is 17.5 Å². The zero-order chi connectivity index (χ0) is 14.3. The normalized spacial score (nSPS) is 10.5. The average molecular weight is 274 g/mol. The number of carbonyl (C=O) groups is 1. The second-order valence-corrected chi connectivity index (χ2v) is 4.12. The second-order valence-electron chi connectivity index (χ2n) is 4.12. The van der Waals surface area contributed by atoms with E-state index in [2.05, 4.69) is 17.6 Å². The third-order valence-electron chi connectivity index (χ3n) is 2.55. The van der Waals surface area contributed by atoms with Crippen molar-refractivity contribution in [1.82, 2.24) is 5.32 Å². The van der Waals surface area contributed by atoms with Crippen molar-refractivity contribution in [2.75, 3.05) is 18.4 Å². The van der Waals surface area contributed by atoms with Crippen molar-refractivity contribution >= 4 is 11.6 Å². The Hall–Kier alpha value is -1.56. The van der Waals surface area contributed by atoms with Gasteiger partial charge in [-0.3, -0.25) is 4.79 Å². The van der Waals surface area contributed by atoms with Crippen LogP contribution < -0.4 is 10.6 Å². The van der Waals surface area contributed by atoms with Gasteiger partial charge in [0.25, 0.3) is 0 Å². The number of hydrogen-bond acceptors (Lipinski definition) is 2. The molecule has 1 aromatic rings. The zero-order valence-corrected chi connectivity index (χ0v) is 10.7. The number of nitrogens with one attached hydrogen (secondary N) is 2. The number of anilines is 1. The van der Waals surface area contributed by atoms with Gasteiger partial charge in [-0.2, -0.15) is 0 Å². The lowest BCUT2D eigenvalue weighted by Crippen LogP contribution is -2.23. The lowest BCUT2D eigenvalue weighted by molar-refractivity contribution is -0.116. The monoisotopic (exact) mass is 274 g/mol. The molecule has 1 aromatic carbocycles. The van der Waals surface area contributed by atoms with E-state index < -0.39 is 23.4 Å². The summed E-state index contributed by atoms with van der Waals surface area (Å²) in [5.74, 6) is -4.70. The van der Waals surface area contributed by atoms with Gasteiger partial charge in [-0.05, 0) is 25.1 Å². The summed E-state index contributed by atoms with van der Waals surface area (Å²) < 4.78 is 38.9. The van der Waals surface area contributed by atoms with Crippen molar-refractivity contribution in [3.8, 4) is 0 Å². The van der Waals surface area contributed by atoms with Crippen LogP contribution in [-0.4, -0.2) is 19.0 Å². The van der Waals surface area contributed by atoms with E-state index >= 15 is 0 Å². The van der Waals surface area contributed by atoms with Crippen molar-refractivity contribution in [2.24, 2.45) is 0 Å². The lowest BCUT2D eigenvalue weighted by atomic mass is 10.2. The van der Waals surface area contributed by atoms with Crippen molar-refractivity contribution in [2.45, 2.75) is 26.2 Å². The molecule has 0 aliphatic carbocycles. The number of carbonyl (C=O) groups excluding carboxylic acids is 1. The third kappa shape index (κ3) is 4.90. The standard InChI is InChI=1S/C13H17F3N2O/c1-2-3-7-17-8-6-11(19)18-10-5-4-9(14)12(15)13(10)16/h4-5,17H,2-3,6-8H2,1H3,(H,18,19). The van der Waals surface area contributed by atoms with E-state index in [4.69, 9.17) is 0 Å². The zero-order valence-electron chi connectivity index (χ0n) is 10.7. The summed E-state index contributed by atoms with van der Waals surface area (Å²) in [6.07, 6.45) is 2.21. The SMILES string of the molecule is CCCCNCCC(=O)Nc1ccc(F)c(F)c1F. The Morgan fingerprint density at radius 2 is 1.89 bits per heavy atom. The molecule has 0 heterocycles. The van der Waals surface area contributed by atoms with Crippen LogP contribution in [0.1, 0.15) is 26.2 Å². The minimum atomic E-state index is -1.58. The molecule has 0 saturated carbocycles. The van der Waals surface area contributed by atoms with Crippen LogP contribution in [0.5, 0.6) is 0 Å². The Morgan fingerprint density at radius 3 is 2.58 bits per heavy atom. The molecule has 19 heavy (non-hydrogen) atoms. The highest BCUT2D eigenvalue weighted by molar-refractivity contribution is 5.90. The molecule has 3 nitrogen and oxygen atoms in total. The first-order chi connectivity index (χ1) is 9.06. The van der Waals surface area contributed by atoms with Gasteiger partial charge in [0.05, 0.1) is 5.69 Å². The molecule has 1 amide bonds. The van der Waals surface area contributed by atoms with Gasteiger partial charge in [-0.25, -0.2) is 13.2 Å². The molecule has 0 saturated heterocycles. The summed E-state index contributed by atoms with van der Waals surface area (Å²) in [5, 5.41) is 5.26. The van der Waals surface area contributed by atoms with E-state index in [1.165, 1.54) is 0 Å². The molecule has 0 aliphatic rings. The van der Waals surface area contributed by atoms with Crippen LogP contribution in [0.2, 0.25) is 0 Å². The van der Waals surface area contributed by atoms with Crippen LogP contribution in [0.4, 0.5) is 18.9 Å². The van der Waals surface area contributed by atoms with Gasteiger partial charge in [0, 0.05) is 13.0 Å². The number of unbranched alkanes of at least 4 members (excludes halogenated alkanes) is 1. The topological polar surface area (TPSA) is 41.1 Å². The number of halogens is 3. The van der Waals surface area contributed by atoms with Crippen LogP contribution >= 0.6 is 0 Å². The van der Waals surface area contributed by atoms with Gasteiger partial charge >= 0.3 is 0 Å². The molecule has 0 bridgehead atoms. The van der Waals surface area contributed by atoms with E-state index in [9.17, 15) is 18.0 Å². The Balaban J connectivity index is 2.42. The van der Waals surface area contributed by atoms with Gasteiger partial charge in [0.1, 0.15) is 0 Å². The predicted octanol–water partition coefficient (Wildman–Crippen LogP) is 2.82. The average Bonchev–Trinajstić information content (AvgIpc) is 2.39. The van der Waals surface area contributed by atoms with E-state index in [0.29, 0.717) is 6.54 Å². The first-order valence-electron chi connectivity index (χ1n) is 6.20. The number of benzene rings is 1. The smallest absolute Gasteiger partial charge is 0.225 e. The minimum Gasteiger partial charge on any atom is -0.323 e. The summed E-state index contributed by atoms with van der Waals surface area (Å²) in [5.41, 5.74) is -0.350. The summed E-state index contributed by atoms with van der Waals surface area (Å²) in [6.45, 7) is 3.32. The van der Waals surface area contributed by atoms with Crippen LogP contribution in [0.3, 0.4) is 0 Å². The van der Waals surface area contributed by atoms with Crippen molar-refractivity contribution in [3.63, 3.8) is 0 Å². The van der Waals surface area contributed by atoms with Gasteiger partial charge in [-0.15, -0.1) is 0 Å². The fourth-order valence-electron chi connectivity index (χ4n) is 1.46. The minimum absolute atomic E-state index is 0.141. The van der Waals surface area contributed by atoms with E-state index in [-0.39, 0.29) is 12.1 Å². The Kier molecular flexibility index (Phi) is 6.35. The van der Waals surface area contributed by atoms with Crippen LogP contribution in [-0.2, 0) is 4.79 Å². The molecule has 6 heteroatoms. The van der Waals surface area contributed by atoms with Crippen LogP contribution in [0, 0.1) is 17.5 Å². The summed E-state index contributed by atoms with van der Waals surface area (Å²) in [6, 6.07) is 1.77. The Bertz CT molecular complexity index is 438. The molecule has 0 aromatic heterocycles. The molecule has 0 unspecified atom stereocenters. The summed E-state index contributed by atoms with van der Waals surface area (Å²) >= 11 is 0. The molecule has 0 spiro atoms. The number of rotatable bonds is 7. The van der Waals surface area contributed by atoms with E-state index in [1.54, 1.807) is 0 Å². The maximum Gasteiger partial charge on any atom is 0.225 e. The van der Waals surface area contributed by atoms with Crippen molar-refractivity contribution in [3.05, 3.63) is 29.6 Å². The highest BCUT2D eigenvalue weighted by atomic mass is 19.2. The first-order valence-corrected chi connectivity index (χ1v) is 6.20. The highest BCUT2D eigenvalue weighted by Crippen LogP contribution is 2.19. The van der Waals surface area contributed by atoms with Crippen molar-refractivity contribution < 1.29 is 18.0 Å². The number of amides is 1. The van der Waals surface area contributed by atoms with Gasteiger partial charge in [-0.1, -0.05) is 13.3 Å². The van der Waals surface area contributed by atoms with Gasteiger partial charge in [0.2, 0.25) is 5.91 Å². The molecule has 106 valence electrons. The molecule has 0 fully saturated rings. The van der Waals surface area contributed by atoms with E-state index in [0.717, 1.165) is 31.5 Å². The largest absolute Gasteiger partial charge is 0.323 e. The molecule has 1 rings (SSSR count). The Morgan fingerprint density at radius 1 is 1.16 bits per heavy atom. The van der Waals surface area contributed by atoms with Crippen LogP contribution in [0.15, 0.2) is 12.1 Å². The maximum absolute atomic E-state index is 13.3. The van der Waals surface area contributed by atoms with Gasteiger partial charge < -0.3 is 10.6 Å². The fourth-order valence-corrected chi connectivity index (χ4v) is 1.46. The maximum atomic E-state index is 13.3. The predicted molar refractivity (Wildman–Crippen MR) is 67.3 cm³/mol. The van der Waals surface area contributed by atoms with Crippen LogP contribution in [0.25, 0.3) is 0 Å². The third-order valence-corrected chi connectivity index (χ3v) is 2.55. The fraction of sp³-hybridized carbons (Fsp3) is 0.462. The number of hydrogen-bond donors (Lipinski definition) is 2. The molecular formula is C13H17F3N2O. The molecule has 0 radical (unpaired) electrons. The molecule has 0 atom stereocenters. The first kappa shape index (κ1) is 15.5. The Labute approximate surface area is 110 Å². The highest BCUT2D eigenvalue weighted by Gasteiger charge is 2.14. The molecule has 2 N–H and O–H groups in total.